The Morgan fingerprint density at radius 1 is 1.14 bits per heavy atom. The molecular formula is C15H14ClNO3S. The standard InChI is InChI=1S/C15H14ClNO3S/c16-13-3-1-2-4-14(13)20-12-7-5-11(6-8-12)9-21(19)10-15(17)18/h1-8H,9-10H2,(H2,17,18). The zero-order chi connectivity index (χ0) is 15.2. The van der Waals surface area contributed by atoms with E-state index in [1.165, 1.54) is 0 Å². The number of carbonyl (C=O) groups excluding carboxylic acids is 1. The van der Waals surface area contributed by atoms with Gasteiger partial charge in [-0.15, -0.1) is 0 Å². The summed E-state index contributed by atoms with van der Waals surface area (Å²) in [5.41, 5.74) is 5.85. The summed E-state index contributed by atoms with van der Waals surface area (Å²) >= 11 is 6.01. The smallest absolute Gasteiger partial charge is 0.230 e. The van der Waals surface area contributed by atoms with Crippen molar-refractivity contribution in [1.82, 2.24) is 0 Å². The van der Waals surface area contributed by atoms with Crippen molar-refractivity contribution in [2.45, 2.75) is 5.75 Å². The molecule has 1 unspecified atom stereocenters. The number of hydrogen-bond acceptors (Lipinski definition) is 3. The monoisotopic (exact) mass is 323 g/mol. The molecule has 0 saturated heterocycles. The summed E-state index contributed by atoms with van der Waals surface area (Å²) in [6, 6.07) is 14.3. The van der Waals surface area contributed by atoms with Crippen molar-refractivity contribution in [3.63, 3.8) is 0 Å². The lowest BCUT2D eigenvalue weighted by Gasteiger charge is -2.08. The SMILES string of the molecule is NC(=O)CS(=O)Cc1ccc(Oc2ccccc2Cl)cc1. The summed E-state index contributed by atoms with van der Waals surface area (Å²) < 4.78 is 17.3. The van der Waals surface area contributed by atoms with Crippen LogP contribution in [0.4, 0.5) is 0 Å². The van der Waals surface area contributed by atoms with Crippen molar-refractivity contribution in [3.05, 3.63) is 59.1 Å². The Bertz CT molecular complexity index is 658. The minimum absolute atomic E-state index is 0.127. The van der Waals surface area contributed by atoms with Gasteiger partial charge < -0.3 is 10.5 Å². The molecule has 2 rings (SSSR count). The number of amides is 1. The normalized spacial score (nSPS) is 11.9. The minimum atomic E-state index is -1.29. The van der Waals surface area contributed by atoms with Gasteiger partial charge in [-0.05, 0) is 29.8 Å². The van der Waals surface area contributed by atoms with Crippen molar-refractivity contribution in [2.24, 2.45) is 5.73 Å². The number of rotatable bonds is 6. The van der Waals surface area contributed by atoms with Crippen LogP contribution < -0.4 is 10.5 Å². The number of carbonyl (C=O) groups is 1. The molecule has 2 aromatic rings. The van der Waals surface area contributed by atoms with Gasteiger partial charge in [-0.2, -0.15) is 0 Å². The summed E-state index contributed by atoms with van der Waals surface area (Å²) in [6.45, 7) is 0. The number of para-hydroxylation sites is 1. The van der Waals surface area contributed by atoms with Gasteiger partial charge >= 0.3 is 0 Å². The van der Waals surface area contributed by atoms with E-state index in [9.17, 15) is 9.00 Å². The average molecular weight is 324 g/mol. The molecular weight excluding hydrogens is 310 g/mol. The molecule has 21 heavy (non-hydrogen) atoms. The first kappa shape index (κ1) is 15.5. The van der Waals surface area contributed by atoms with Crippen LogP contribution in [0.25, 0.3) is 0 Å². The van der Waals surface area contributed by atoms with E-state index >= 15 is 0 Å². The van der Waals surface area contributed by atoms with Gasteiger partial charge in [-0.1, -0.05) is 35.9 Å². The fourth-order valence-corrected chi connectivity index (χ4v) is 2.86. The Balaban J connectivity index is 2.01. The summed E-state index contributed by atoms with van der Waals surface area (Å²) in [5.74, 6) is 0.802. The maximum Gasteiger partial charge on any atom is 0.230 e. The Morgan fingerprint density at radius 2 is 1.81 bits per heavy atom. The lowest BCUT2D eigenvalue weighted by Crippen LogP contribution is -2.20. The highest BCUT2D eigenvalue weighted by molar-refractivity contribution is 7.84. The van der Waals surface area contributed by atoms with E-state index in [0.29, 0.717) is 16.5 Å². The Kier molecular flexibility index (Phi) is 5.36. The first-order valence-electron chi connectivity index (χ1n) is 6.19. The van der Waals surface area contributed by atoms with Crippen LogP contribution in [0.5, 0.6) is 11.5 Å². The summed E-state index contributed by atoms with van der Waals surface area (Å²) in [6.07, 6.45) is 0. The van der Waals surface area contributed by atoms with Crippen LogP contribution in [0.3, 0.4) is 0 Å². The Labute approximate surface area is 130 Å². The van der Waals surface area contributed by atoms with Gasteiger partial charge in [0.05, 0.1) is 5.02 Å². The summed E-state index contributed by atoms with van der Waals surface area (Å²) in [4.78, 5) is 10.7. The molecule has 2 aromatic carbocycles. The maximum atomic E-state index is 11.6. The van der Waals surface area contributed by atoms with Crippen molar-refractivity contribution in [2.75, 3.05) is 5.75 Å². The van der Waals surface area contributed by atoms with E-state index in [2.05, 4.69) is 0 Å². The van der Waals surface area contributed by atoms with E-state index in [1.54, 1.807) is 36.4 Å². The number of ether oxygens (including phenoxy) is 1. The van der Waals surface area contributed by atoms with Gasteiger partial charge in [-0.25, -0.2) is 0 Å². The van der Waals surface area contributed by atoms with Crippen molar-refractivity contribution < 1.29 is 13.7 Å². The zero-order valence-electron chi connectivity index (χ0n) is 11.1. The zero-order valence-corrected chi connectivity index (χ0v) is 12.7. The van der Waals surface area contributed by atoms with E-state index in [-0.39, 0.29) is 11.5 Å². The van der Waals surface area contributed by atoms with E-state index in [0.717, 1.165) is 5.56 Å². The molecule has 1 amide bonds. The first-order valence-corrected chi connectivity index (χ1v) is 8.06. The quantitative estimate of drug-likeness (QED) is 0.888. The second kappa shape index (κ2) is 7.24. The van der Waals surface area contributed by atoms with Crippen LogP contribution in [-0.2, 0) is 21.3 Å². The fraction of sp³-hybridized carbons (Fsp3) is 0.133. The van der Waals surface area contributed by atoms with E-state index < -0.39 is 16.7 Å². The molecule has 6 heteroatoms. The number of halogens is 1. The van der Waals surface area contributed by atoms with Crippen LogP contribution in [0.2, 0.25) is 5.02 Å². The molecule has 110 valence electrons. The van der Waals surface area contributed by atoms with Crippen molar-refractivity contribution >= 4 is 28.3 Å². The van der Waals surface area contributed by atoms with E-state index in [1.807, 2.05) is 12.1 Å². The van der Waals surface area contributed by atoms with E-state index in [4.69, 9.17) is 22.1 Å². The van der Waals surface area contributed by atoms with Crippen LogP contribution >= 0.6 is 11.6 Å². The van der Waals surface area contributed by atoms with Gasteiger partial charge in [0.25, 0.3) is 0 Å². The third kappa shape index (κ3) is 4.88. The van der Waals surface area contributed by atoms with Gasteiger partial charge in [0, 0.05) is 16.6 Å². The lowest BCUT2D eigenvalue weighted by atomic mass is 10.2. The average Bonchev–Trinajstić information content (AvgIpc) is 2.42. The third-order valence-corrected chi connectivity index (χ3v) is 4.19. The highest BCUT2D eigenvalue weighted by Gasteiger charge is 2.06. The maximum absolute atomic E-state index is 11.6. The molecule has 0 radical (unpaired) electrons. The van der Waals surface area contributed by atoms with Crippen LogP contribution in [0.15, 0.2) is 48.5 Å². The molecule has 0 fully saturated rings. The summed E-state index contributed by atoms with van der Waals surface area (Å²) in [7, 11) is -1.29. The fourth-order valence-electron chi connectivity index (χ4n) is 1.70. The minimum Gasteiger partial charge on any atom is -0.456 e. The molecule has 0 spiro atoms. The number of nitrogens with two attached hydrogens (primary N) is 1. The van der Waals surface area contributed by atoms with Crippen molar-refractivity contribution in [3.8, 4) is 11.5 Å². The molecule has 0 bridgehead atoms. The van der Waals surface area contributed by atoms with Crippen molar-refractivity contribution in [1.29, 1.82) is 0 Å². The van der Waals surface area contributed by atoms with Crippen LogP contribution in [-0.4, -0.2) is 15.9 Å². The number of primary amides is 1. The highest BCUT2D eigenvalue weighted by atomic mass is 35.5. The number of benzene rings is 2. The Morgan fingerprint density at radius 3 is 2.43 bits per heavy atom. The second-order valence-electron chi connectivity index (χ2n) is 4.37. The number of hydrogen-bond donors (Lipinski definition) is 1. The predicted molar refractivity (Wildman–Crippen MR) is 83.9 cm³/mol. The van der Waals surface area contributed by atoms with Gasteiger partial charge in [-0.3, -0.25) is 9.00 Å². The van der Waals surface area contributed by atoms with Crippen LogP contribution in [0.1, 0.15) is 5.56 Å². The molecule has 1 atom stereocenters. The third-order valence-electron chi connectivity index (χ3n) is 2.62. The predicted octanol–water partition coefficient (Wildman–Crippen LogP) is 2.87. The summed E-state index contributed by atoms with van der Waals surface area (Å²) in [5, 5.41) is 0.532. The molecule has 0 heterocycles. The molecule has 0 aromatic heterocycles. The van der Waals surface area contributed by atoms with Gasteiger partial charge in [0.2, 0.25) is 5.91 Å². The lowest BCUT2D eigenvalue weighted by molar-refractivity contribution is -0.115. The molecule has 0 aliphatic heterocycles. The second-order valence-corrected chi connectivity index (χ2v) is 6.24. The molecule has 4 nitrogen and oxygen atoms in total. The van der Waals surface area contributed by atoms with Gasteiger partial charge in [0.15, 0.2) is 0 Å². The molecule has 2 N–H and O–H groups in total. The Hall–Kier alpha value is -1.85. The first-order chi connectivity index (χ1) is 10.0. The van der Waals surface area contributed by atoms with Crippen LogP contribution in [0, 0.1) is 0 Å². The van der Waals surface area contributed by atoms with Gasteiger partial charge in [0.1, 0.15) is 17.3 Å². The topological polar surface area (TPSA) is 69.4 Å². The molecule has 0 saturated carbocycles. The highest BCUT2D eigenvalue weighted by Crippen LogP contribution is 2.28. The largest absolute Gasteiger partial charge is 0.456 e. The molecule has 0 aliphatic carbocycles. The molecule has 0 aliphatic rings.